The highest BCUT2D eigenvalue weighted by atomic mass is 16.2. The molecule has 0 heterocycles. The molecule has 0 aliphatic carbocycles. The van der Waals surface area contributed by atoms with Gasteiger partial charge in [-0.05, 0) is 32.1 Å². The first kappa shape index (κ1) is 16.7. The van der Waals surface area contributed by atoms with E-state index in [1.807, 2.05) is 20.8 Å². The Labute approximate surface area is 110 Å². The summed E-state index contributed by atoms with van der Waals surface area (Å²) in [6, 6.07) is 0. The number of hydrogen-bond donors (Lipinski definition) is 2. The Morgan fingerprint density at radius 1 is 1.33 bits per heavy atom. The van der Waals surface area contributed by atoms with E-state index in [0.717, 1.165) is 0 Å². The zero-order valence-corrected chi connectivity index (χ0v) is 11.7. The van der Waals surface area contributed by atoms with Crippen molar-refractivity contribution >= 4 is 11.8 Å². The van der Waals surface area contributed by atoms with E-state index < -0.39 is 11.8 Å². The minimum Gasteiger partial charge on any atom is -0.369 e. The van der Waals surface area contributed by atoms with E-state index in [2.05, 4.69) is 11.9 Å². The van der Waals surface area contributed by atoms with E-state index in [4.69, 9.17) is 5.73 Å². The second-order valence-electron chi connectivity index (χ2n) is 5.01. The van der Waals surface area contributed by atoms with Crippen molar-refractivity contribution < 1.29 is 9.59 Å². The average molecular weight is 254 g/mol. The molecule has 0 spiro atoms. The normalized spacial score (nSPS) is 14.0. The maximum Gasteiger partial charge on any atom is 0.223 e. The van der Waals surface area contributed by atoms with Crippen LogP contribution in [0.25, 0.3) is 0 Å². The third kappa shape index (κ3) is 5.84. The van der Waals surface area contributed by atoms with E-state index in [1.54, 1.807) is 6.08 Å². The summed E-state index contributed by atoms with van der Waals surface area (Å²) >= 11 is 0. The molecular weight excluding hydrogens is 228 g/mol. The number of rotatable bonds is 9. The molecule has 0 rings (SSSR count). The standard InChI is InChI=1S/C14H26N2O2/c1-5-7-8-11(13(15)17)12(9-10(3)4)14(18)16-6-2/h5,10-12H,1,6-9H2,2-4H3,(H2,15,17)(H,16,18)/t11-,12+/m0/s1. The van der Waals surface area contributed by atoms with E-state index in [-0.39, 0.29) is 11.8 Å². The van der Waals surface area contributed by atoms with Gasteiger partial charge in [0.05, 0.1) is 0 Å². The Balaban J connectivity index is 4.89. The Morgan fingerprint density at radius 2 is 1.94 bits per heavy atom. The molecule has 4 nitrogen and oxygen atoms in total. The largest absolute Gasteiger partial charge is 0.369 e. The summed E-state index contributed by atoms with van der Waals surface area (Å²) in [6.07, 6.45) is 3.71. The van der Waals surface area contributed by atoms with Crippen molar-refractivity contribution in [2.75, 3.05) is 6.54 Å². The zero-order chi connectivity index (χ0) is 14.1. The van der Waals surface area contributed by atoms with Crippen LogP contribution in [0.1, 0.15) is 40.0 Å². The van der Waals surface area contributed by atoms with Gasteiger partial charge < -0.3 is 11.1 Å². The van der Waals surface area contributed by atoms with Crippen LogP contribution in [0.2, 0.25) is 0 Å². The van der Waals surface area contributed by atoms with Gasteiger partial charge in [0, 0.05) is 18.4 Å². The molecule has 0 bridgehead atoms. The van der Waals surface area contributed by atoms with Crippen LogP contribution < -0.4 is 11.1 Å². The summed E-state index contributed by atoms with van der Waals surface area (Å²) in [5, 5.41) is 2.79. The molecule has 0 saturated carbocycles. The lowest BCUT2D eigenvalue weighted by atomic mass is 9.81. The van der Waals surface area contributed by atoms with Crippen LogP contribution in [-0.2, 0) is 9.59 Å². The monoisotopic (exact) mass is 254 g/mol. The fourth-order valence-electron chi connectivity index (χ4n) is 2.11. The van der Waals surface area contributed by atoms with Crippen molar-refractivity contribution in [2.24, 2.45) is 23.5 Å². The zero-order valence-electron chi connectivity index (χ0n) is 11.7. The highest BCUT2D eigenvalue weighted by molar-refractivity contribution is 5.86. The molecule has 2 atom stereocenters. The van der Waals surface area contributed by atoms with Gasteiger partial charge in [0.15, 0.2) is 0 Å². The van der Waals surface area contributed by atoms with Crippen LogP contribution in [-0.4, -0.2) is 18.4 Å². The Kier molecular flexibility index (Phi) is 8.08. The number of primary amides is 1. The van der Waals surface area contributed by atoms with E-state index in [0.29, 0.717) is 31.7 Å². The number of allylic oxidation sites excluding steroid dienone is 1. The molecule has 2 amide bonds. The third-order valence-corrected chi connectivity index (χ3v) is 2.95. The lowest BCUT2D eigenvalue weighted by Crippen LogP contribution is -2.41. The van der Waals surface area contributed by atoms with Crippen molar-refractivity contribution in [3.63, 3.8) is 0 Å². The molecule has 18 heavy (non-hydrogen) atoms. The summed E-state index contributed by atoms with van der Waals surface area (Å²) in [4.78, 5) is 23.6. The van der Waals surface area contributed by atoms with Gasteiger partial charge in [0.25, 0.3) is 0 Å². The van der Waals surface area contributed by atoms with Gasteiger partial charge in [0.1, 0.15) is 0 Å². The lowest BCUT2D eigenvalue weighted by Gasteiger charge is -2.25. The average Bonchev–Trinajstić information content (AvgIpc) is 2.27. The van der Waals surface area contributed by atoms with Crippen molar-refractivity contribution in [3.05, 3.63) is 12.7 Å². The van der Waals surface area contributed by atoms with Crippen LogP contribution in [0.15, 0.2) is 12.7 Å². The molecule has 0 aliphatic rings. The minimum absolute atomic E-state index is 0.0703. The number of carbonyl (C=O) groups is 2. The predicted octanol–water partition coefficient (Wildman–Crippen LogP) is 1.85. The molecular formula is C14H26N2O2. The fraction of sp³-hybridized carbons (Fsp3) is 0.714. The number of carbonyl (C=O) groups excluding carboxylic acids is 2. The number of nitrogens with two attached hydrogens (primary N) is 1. The first-order valence-corrected chi connectivity index (χ1v) is 6.61. The van der Waals surface area contributed by atoms with Crippen molar-refractivity contribution in [1.29, 1.82) is 0 Å². The van der Waals surface area contributed by atoms with Gasteiger partial charge in [-0.1, -0.05) is 19.9 Å². The topological polar surface area (TPSA) is 72.2 Å². The molecule has 0 aliphatic heterocycles. The van der Waals surface area contributed by atoms with Crippen LogP contribution >= 0.6 is 0 Å². The van der Waals surface area contributed by atoms with Crippen LogP contribution in [0.5, 0.6) is 0 Å². The van der Waals surface area contributed by atoms with Gasteiger partial charge in [0.2, 0.25) is 11.8 Å². The SMILES string of the molecule is C=CCC[C@H](C(N)=O)[C@@H](CC(C)C)C(=O)NCC. The first-order chi connectivity index (χ1) is 8.43. The summed E-state index contributed by atoms with van der Waals surface area (Å²) in [5.41, 5.74) is 5.43. The Hall–Kier alpha value is -1.32. The minimum atomic E-state index is -0.406. The summed E-state index contributed by atoms with van der Waals surface area (Å²) < 4.78 is 0. The van der Waals surface area contributed by atoms with Gasteiger partial charge in [-0.3, -0.25) is 9.59 Å². The van der Waals surface area contributed by atoms with Gasteiger partial charge >= 0.3 is 0 Å². The van der Waals surface area contributed by atoms with Gasteiger partial charge in [-0.2, -0.15) is 0 Å². The Morgan fingerprint density at radius 3 is 2.33 bits per heavy atom. The number of amides is 2. The van der Waals surface area contributed by atoms with Crippen LogP contribution in [0, 0.1) is 17.8 Å². The van der Waals surface area contributed by atoms with Gasteiger partial charge in [-0.25, -0.2) is 0 Å². The molecule has 0 aromatic carbocycles. The van der Waals surface area contributed by atoms with Crippen molar-refractivity contribution in [2.45, 2.75) is 40.0 Å². The highest BCUT2D eigenvalue weighted by Gasteiger charge is 2.31. The third-order valence-electron chi connectivity index (χ3n) is 2.95. The Bertz CT molecular complexity index is 288. The molecule has 4 heteroatoms. The molecule has 0 radical (unpaired) electrons. The maximum atomic E-state index is 12.0. The molecule has 104 valence electrons. The molecule has 0 saturated heterocycles. The van der Waals surface area contributed by atoms with E-state index in [9.17, 15) is 9.59 Å². The molecule has 0 aromatic heterocycles. The molecule has 3 N–H and O–H groups in total. The van der Waals surface area contributed by atoms with Gasteiger partial charge in [-0.15, -0.1) is 6.58 Å². The lowest BCUT2D eigenvalue weighted by molar-refractivity contribution is -0.134. The fourth-order valence-corrected chi connectivity index (χ4v) is 2.11. The predicted molar refractivity (Wildman–Crippen MR) is 73.7 cm³/mol. The van der Waals surface area contributed by atoms with Crippen molar-refractivity contribution in [1.82, 2.24) is 5.32 Å². The molecule has 0 aromatic rings. The second-order valence-corrected chi connectivity index (χ2v) is 5.01. The second kappa shape index (κ2) is 8.72. The van der Waals surface area contributed by atoms with Crippen molar-refractivity contribution in [3.8, 4) is 0 Å². The van der Waals surface area contributed by atoms with Crippen LogP contribution in [0.4, 0.5) is 0 Å². The number of hydrogen-bond acceptors (Lipinski definition) is 2. The smallest absolute Gasteiger partial charge is 0.223 e. The highest BCUT2D eigenvalue weighted by Crippen LogP contribution is 2.25. The van der Waals surface area contributed by atoms with E-state index in [1.165, 1.54) is 0 Å². The van der Waals surface area contributed by atoms with Crippen LogP contribution in [0.3, 0.4) is 0 Å². The maximum absolute atomic E-state index is 12.0. The van der Waals surface area contributed by atoms with E-state index >= 15 is 0 Å². The molecule has 0 fully saturated rings. The quantitative estimate of drug-likeness (QED) is 0.616. The first-order valence-electron chi connectivity index (χ1n) is 6.61. The summed E-state index contributed by atoms with van der Waals surface area (Å²) in [7, 11) is 0. The number of nitrogens with one attached hydrogen (secondary N) is 1. The summed E-state index contributed by atoms with van der Waals surface area (Å²) in [5.74, 6) is -0.852. The summed E-state index contributed by atoms with van der Waals surface area (Å²) in [6.45, 7) is 10.2. The molecule has 0 unspecified atom stereocenters.